The number of phenolic OH excluding ortho intramolecular Hbond substituents is 1. The van der Waals surface area contributed by atoms with Crippen molar-refractivity contribution in [3.63, 3.8) is 0 Å². The van der Waals surface area contributed by atoms with Gasteiger partial charge in [-0.2, -0.15) is 0 Å². The van der Waals surface area contributed by atoms with Gasteiger partial charge < -0.3 is 10.2 Å². The van der Waals surface area contributed by atoms with E-state index in [1.165, 1.54) is 0 Å². The molecule has 0 aliphatic carbocycles. The number of rotatable bonds is 2. The van der Waals surface area contributed by atoms with Crippen LogP contribution < -0.4 is 0 Å². The first-order valence-corrected chi connectivity index (χ1v) is 4.38. The minimum Gasteiger partial charge on any atom is -0.508 e. The molecule has 0 aromatic heterocycles. The molecule has 0 atom stereocenters. The molecule has 0 bridgehead atoms. The standard InChI is InChI=1S/C11H16O2/c1-8-4-9(6-10(13)5-8)11(2,3)7-12/h4-6,12-13H,7H2,1-3H3. The Hall–Kier alpha value is -1.02. The molecule has 72 valence electrons. The van der Waals surface area contributed by atoms with Crippen LogP contribution in [0.3, 0.4) is 0 Å². The van der Waals surface area contributed by atoms with Crippen molar-refractivity contribution >= 4 is 0 Å². The van der Waals surface area contributed by atoms with Crippen LogP contribution in [-0.2, 0) is 5.41 Å². The van der Waals surface area contributed by atoms with Crippen LogP contribution in [-0.4, -0.2) is 16.8 Å². The molecule has 0 heterocycles. The van der Waals surface area contributed by atoms with Gasteiger partial charge in [-0.3, -0.25) is 0 Å². The van der Waals surface area contributed by atoms with Gasteiger partial charge >= 0.3 is 0 Å². The molecule has 2 N–H and O–H groups in total. The molecule has 0 saturated heterocycles. The maximum atomic E-state index is 9.37. The Morgan fingerprint density at radius 3 is 2.31 bits per heavy atom. The summed E-state index contributed by atoms with van der Waals surface area (Å²) in [5.74, 6) is 0.261. The second-order valence-electron chi connectivity index (χ2n) is 4.10. The quantitative estimate of drug-likeness (QED) is 0.730. The van der Waals surface area contributed by atoms with E-state index in [0.717, 1.165) is 11.1 Å². The van der Waals surface area contributed by atoms with Gasteiger partial charge in [-0.25, -0.2) is 0 Å². The molecule has 0 saturated carbocycles. The highest BCUT2D eigenvalue weighted by atomic mass is 16.3. The van der Waals surface area contributed by atoms with Crippen molar-refractivity contribution in [3.05, 3.63) is 29.3 Å². The van der Waals surface area contributed by atoms with Crippen molar-refractivity contribution in [3.8, 4) is 5.75 Å². The molecule has 0 spiro atoms. The Morgan fingerprint density at radius 1 is 1.23 bits per heavy atom. The molecule has 0 aliphatic heterocycles. The highest BCUT2D eigenvalue weighted by Gasteiger charge is 2.19. The van der Waals surface area contributed by atoms with Crippen LogP contribution in [0.2, 0.25) is 0 Å². The van der Waals surface area contributed by atoms with E-state index in [1.807, 2.05) is 26.8 Å². The fourth-order valence-electron chi connectivity index (χ4n) is 1.24. The van der Waals surface area contributed by atoms with Gasteiger partial charge in [-0.05, 0) is 30.2 Å². The maximum Gasteiger partial charge on any atom is 0.116 e. The third-order valence-electron chi connectivity index (χ3n) is 2.24. The smallest absolute Gasteiger partial charge is 0.116 e. The first-order chi connectivity index (χ1) is 5.95. The Morgan fingerprint density at radius 2 is 1.85 bits per heavy atom. The molecular formula is C11H16O2. The molecule has 0 aliphatic rings. The van der Waals surface area contributed by atoms with Crippen LogP contribution in [0, 0.1) is 6.92 Å². The fraction of sp³-hybridized carbons (Fsp3) is 0.455. The number of phenols is 1. The normalized spacial score (nSPS) is 11.7. The van der Waals surface area contributed by atoms with Gasteiger partial charge in [0, 0.05) is 5.41 Å². The Kier molecular flexibility index (Phi) is 2.62. The van der Waals surface area contributed by atoms with E-state index in [4.69, 9.17) is 5.11 Å². The fourth-order valence-corrected chi connectivity index (χ4v) is 1.24. The molecular weight excluding hydrogens is 164 g/mol. The Bertz CT molecular complexity index is 283. The first kappa shape index (κ1) is 10.1. The van der Waals surface area contributed by atoms with E-state index in [-0.39, 0.29) is 17.8 Å². The van der Waals surface area contributed by atoms with Gasteiger partial charge in [0.25, 0.3) is 0 Å². The van der Waals surface area contributed by atoms with Crippen LogP contribution in [0.15, 0.2) is 18.2 Å². The number of benzene rings is 1. The molecule has 0 fully saturated rings. The monoisotopic (exact) mass is 180 g/mol. The topological polar surface area (TPSA) is 40.5 Å². The molecule has 1 aromatic rings. The number of aliphatic hydroxyl groups excluding tert-OH is 1. The van der Waals surface area contributed by atoms with Gasteiger partial charge in [0.2, 0.25) is 0 Å². The summed E-state index contributed by atoms with van der Waals surface area (Å²) in [6, 6.07) is 5.39. The second-order valence-corrected chi connectivity index (χ2v) is 4.10. The van der Waals surface area contributed by atoms with Gasteiger partial charge in [0.05, 0.1) is 6.61 Å². The van der Waals surface area contributed by atoms with E-state index < -0.39 is 0 Å². The summed E-state index contributed by atoms with van der Waals surface area (Å²) in [7, 11) is 0. The number of hydrogen-bond donors (Lipinski definition) is 2. The maximum absolute atomic E-state index is 9.37. The van der Waals surface area contributed by atoms with Crippen molar-refractivity contribution in [2.75, 3.05) is 6.61 Å². The zero-order valence-electron chi connectivity index (χ0n) is 8.33. The van der Waals surface area contributed by atoms with Crippen LogP contribution in [0.5, 0.6) is 5.75 Å². The van der Waals surface area contributed by atoms with Gasteiger partial charge in [0.15, 0.2) is 0 Å². The molecule has 0 amide bonds. The van der Waals surface area contributed by atoms with Crippen molar-refractivity contribution in [1.29, 1.82) is 0 Å². The van der Waals surface area contributed by atoms with Crippen LogP contribution in [0.4, 0.5) is 0 Å². The molecule has 13 heavy (non-hydrogen) atoms. The van der Waals surface area contributed by atoms with Crippen molar-refractivity contribution in [2.45, 2.75) is 26.2 Å². The van der Waals surface area contributed by atoms with E-state index in [2.05, 4.69) is 0 Å². The van der Waals surface area contributed by atoms with Crippen molar-refractivity contribution < 1.29 is 10.2 Å². The van der Waals surface area contributed by atoms with Gasteiger partial charge in [0.1, 0.15) is 5.75 Å². The van der Waals surface area contributed by atoms with Crippen molar-refractivity contribution in [2.24, 2.45) is 0 Å². The minimum absolute atomic E-state index is 0.0793. The molecule has 0 radical (unpaired) electrons. The second kappa shape index (κ2) is 3.38. The average molecular weight is 180 g/mol. The van der Waals surface area contributed by atoms with E-state index in [1.54, 1.807) is 12.1 Å². The van der Waals surface area contributed by atoms with Gasteiger partial charge in [-0.1, -0.05) is 19.9 Å². The molecule has 2 nitrogen and oxygen atoms in total. The zero-order chi connectivity index (χ0) is 10.1. The summed E-state index contributed by atoms with van der Waals surface area (Å²) in [6.07, 6.45) is 0. The molecule has 2 heteroatoms. The predicted molar refractivity (Wildman–Crippen MR) is 53.0 cm³/mol. The predicted octanol–water partition coefficient (Wildman–Crippen LogP) is 1.97. The summed E-state index contributed by atoms with van der Waals surface area (Å²) in [5.41, 5.74) is 1.69. The average Bonchev–Trinajstić information content (AvgIpc) is 2.02. The highest BCUT2D eigenvalue weighted by molar-refractivity contribution is 5.36. The lowest BCUT2D eigenvalue weighted by Gasteiger charge is -2.22. The Balaban J connectivity index is 3.15. The summed E-state index contributed by atoms with van der Waals surface area (Å²) >= 11 is 0. The molecule has 1 aromatic carbocycles. The first-order valence-electron chi connectivity index (χ1n) is 4.38. The van der Waals surface area contributed by atoms with Crippen molar-refractivity contribution in [1.82, 2.24) is 0 Å². The summed E-state index contributed by atoms with van der Waals surface area (Å²) in [5, 5.41) is 18.5. The summed E-state index contributed by atoms with van der Waals surface area (Å²) in [6.45, 7) is 5.90. The van der Waals surface area contributed by atoms with E-state index in [0.29, 0.717) is 0 Å². The lowest BCUT2D eigenvalue weighted by Crippen LogP contribution is -2.21. The molecule has 1 rings (SSSR count). The van der Waals surface area contributed by atoms with Crippen LogP contribution in [0.1, 0.15) is 25.0 Å². The number of aromatic hydroxyl groups is 1. The summed E-state index contributed by atoms with van der Waals surface area (Å²) < 4.78 is 0. The van der Waals surface area contributed by atoms with E-state index in [9.17, 15) is 5.11 Å². The lowest BCUT2D eigenvalue weighted by atomic mass is 9.85. The highest BCUT2D eigenvalue weighted by Crippen LogP contribution is 2.26. The summed E-state index contributed by atoms with van der Waals surface area (Å²) in [4.78, 5) is 0. The number of hydrogen-bond acceptors (Lipinski definition) is 2. The SMILES string of the molecule is Cc1cc(O)cc(C(C)(C)CO)c1. The lowest BCUT2D eigenvalue weighted by molar-refractivity contribution is 0.218. The van der Waals surface area contributed by atoms with E-state index >= 15 is 0 Å². The molecule has 0 unspecified atom stereocenters. The minimum atomic E-state index is -0.288. The van der Waals surface area contributed by atoms with Gasteiger partial charge in [-0.15, -0.1) is 0 Å². The number of aliphatic hydroxyl groups is 1. The Labute approximate surface area is 78.8 Å². The largest absolute Gasteiger partial charge is 0.508 e. The number of aryl methyl sites for hydroxylation is 1. The third-order valence-corrected chi connectivity index (χ3v) is 2.24. The third kappa shape index (κ3) is 2.22. The zero-order valence-corrected chi connectivity index (χ0v) is 8.33. The van der Waals surface area contributed by atoms with Crippen LogP contribution >= 0.6 is 0 Å². The van der Waals surface area contributed by atoms with Crippen LogP contribution in [0.25, 0.3) is 0 Å².